The highest BCUT2D eigenvalue weighted by Gasteiger charge is 1.99. The number of hydrogen-bond acceptors (Lipinski definition) is 2. The Morgan fingerprint density at radius 1 is 0.909 bits per heavy atom. The van der Waals surface area contributed by atoms with Gasteiger partial charge in [-0.05, 0) is 35.7 Å². The van der Waals surface area contributed by atoms with Gasteiger partial charge in [0, 0.05) is 37.3 Å². The molecule has 2 nitrogen and oxygen atoms in total. The highest BCUT2D eigenvalue weighted by molar-refractivity contribution is 6.30. The molecule has 2 rings (SSSR count). The van der Waals surface area contributed by atoms with E-state index in [1.165, 1.54) is 22.4 Å². The first kappa shape index (κ1) is 16.6. The van der Waals surface area contributed by atoms with E-state index in [2.05, 4.69) is 60.0 Å². The van der Waals surface area contributed by atoms with E-state index >= 15 is 0 Å². The van der Waals surface area contributed by atoms with Crippen molar-refractivity contribution in [2.75, 3.05) is 7.05 Å². The third-order valence-corrected chi connectivity index (χ3v) is 3.91. The van der Waals surface area contributed by atoms with Gasteiger partial charge < -0.3 is 10.6 Å². The second kappa shape index (κ2) is 8.62. The van der Waals surface area contributed by atoms with E-state index in [0.29, 0.717) is 0 Å². The van der Waals surface area contributed by atoms with Gasteiger partial charge >= 0.3 is 0 Å². The van der Waals surface area contributed by atoms with Crippen LogP contribution in [0.25, 0.3) is 0 Å². The van der Waals surface area contributed by atoms with Crippen LogP contribution in [0.4, 0.5) is 0 Å². The third kappa shape index (κ3) is 5.21. The zero-order valence-corrected chi connectivity index (χ0v) is 14.0. The maximum absolute atomic E-state index is 5.88. The van der Waals surface area contributed by atoms with Crippen LogP contribution < -0.4 is 10.6 Å². The Balaban J connectivity index is 1.82. The number of halogens is 1. The van der Waals surface area contributed by atoms with Gasteiger partial charge in [-0.3, -0.25) is 0 Å². The largest absolute Gasteiger partial charge is 0.391 e. The highest BCUT2D eigenvalue weighted by Crippen LogP contribution is 2.11. The van der Waals surface area contributed by atoms with Gasteiger partial charge in [0.25, 0.3) is 0 Å². The van der Waals surface area contributed by atoms with E-state index in [1.807, 2.05) is 19.2 Å². The lowest BCUT2D eigenvalue weighted by molar-refractivity contribution is 0.693. The molecule has 2 aromatic carbocycles. The average Bonchev–Trinajstić information content (AvgIpc) is 2.56. The average molecular weight is 315 g/mol. The molecule has 0 fully saturated rings. The predicted molar refractivity (Wildman–Crippen MR) is 95.0 cm³/mol. The van der Waals surface area contributed by atoms with Crippen molar-refractivity contribution in [1.82, 2.24) is 10.6 Å². The first-order valence-electron chi connectivity index (χ1n) is 7.57. The topological polar surface area (TPSA) is 24.1 Å². The summed E-state index contributed by atoms with van der Waals surface area (Å²) in [6, 6.07) is 16.7. The Kier molecular flexibility index (Phi) is 6.50. The van der Waals surface area contributed by atoms with E-state index in [1.54, 1.807) is 0 Å². The molecule has 0 spiro atoms. The van der Waals surface area contributed by atoms with Crippen molar-refractivity contribution in [1.29, 1.82) is 0 Å². The molecule has 0 unspecified atom stereocenters. The maximum Gasteiger partial charge on any atom is 0.0406 e. The minimum Gasteiger partial charge on any atom is -0.391 e. The molecule has 0 amide bonds. The van der Waals surface area contributed by atoms with Gasteiger partial charge in [0.1, 0.15) is 0 Å². The van der Waals surface area contributed by atoms with Crippen molar-refractivity contribution in [3.8, 4) is 0 Å². The Labute approximate surface area is 138 Å². The quantitative estimate of drug-likeness (QED) is 0.796. The van der Waals surface area contributed by atoms with Crippen LogP contribution in [0.3, 0.4) is 0 Å². The second-order valence-corrected chi connectivity index (χ2v) is 5.72. The summed E-state index contributed by atoms with van der Waals surface area (Å²) in [5.41, 5.74) is 5.11. The van der Waals surface area contributed by atoms with E-state index in [9.17, 15) is 0 Å². The summed E-state index contributed by atoms with van der Waals surface area (Å²) in [6.45, 7) is 3.77. The molecule has 0 aromatic heterocycles. The van der Waals surface area contributed by atoms with Crippen LogP contribution in [0, 0.1) is 0 Å². The lowest BCUT2D eigenvalue weighted by Gasteiger charge is -2.08. The molecule has 0 aliphatic rings. The molecule has 0 atom stereocenters. The van der Waals surface area contributed by atoms with Crippen LogP contribution in [-0.2, 0) is 19.5 Å². The molecule has 0 saturated carbocycles. The van der Waals surface area contributed by atoms with Crippen molar-refractivity contribution < 1.29 is 0 Å². The van der Waals surface area contributed by atoms with E-state index in [4.69, 9.17) is 11.6 Å². The number of benzene rings is 2. The Hall–Kier alpha value is -1.77. The summed E-state index contributed by atoms with van der Waals surface area (Å²) in [5.74, 6) is 0. The summed E-state index contributed by atoms with van der Waals surface area (Å²) < 4.78 is 0. The minimum absolute atomic E-state index is 0.779. The van der Waals surface area contributed by atoms with Crippen LogP contribution in [-0.4, -0.2) is 7.05 Å². The zero-order chi connectivity index (χ0) is 15.8. The molecule has 0 aliphatic heterocycles. The minimum atomic E-state index is 0.779. The lowest BCUT2D eigenvalue weighted by Crippen LogP contribution is -2.12. The molecule has 2 aromatic rings. The fourth-order valence-corrected chi connectivity index (χ4v) is 2.41. The van der Waals surface area contributed by atoms with Gasteiger partial charge in [-0.25, -0.2) is 0 Å². The van der Waals surface area contributed by atoms with Gasteiger partial charge in [0.05, 0.1) is 0 Å². The fraction of sp³-hybridized carbons (Fsp3) is 0.263. The van der Waals surface area contributed by atoms with E-state index in [0.717, 1.165) is 24.5 Å². The summed E-state index contributed by atoms with van der Waals surface area (Å²) in [6.07, 6.45) is 3.06. The molecule has 0 heterocycles. The Morgan fingerprint density at radius 2 is 1.41 bits per heavy atom. The normalized spacial score (nSPS) is 11.5. The molecule has 0 bridgehead atoms. The first-order chi connectivity index (χ1) is 10.7. The zero-order valence-electron chi connectivity index (χ0n) is 13.2. The van der Waals surface area contributed by atoms with Crippen LogP contribution in [0.15, 0.2) is 60.3 Å². The Bertz CT molecular complexity index is 600. The predicted octanol–water partition coefficient (Wildman–Crippen LogP) is 4.30. The van der Waals surface area contributed by atoms with Crippen LogP contribution in [0.1, 0.15) is 23.6 Å². The van der Waals surface area contributed by atoms with Gasteiger partial charge in [0.2, 0.25) is 0 Å². The number of nitrogens with one attached hydrogen (secondary N) is 2. The Morgan fingerprint density at radius 3 is 1.91 bits per heavy atom. The second-order valence-electron chi connectivity index (χ2n) is 5.29. The lowest BCUT2D eigenvalue weighted by atomic mass is 10.1. The van der Waals surface area contributed by atoms with Gasteiger partial charge in [0.15, 0.2) is 0 Å². The highest BCUT2D eigenvalue weighted by atomic mass is 35.5. The number of hydrogen-bond donors (Lipinski definition) is 2. The standard InChI is InChI=1S/C19H23ClN2/c1-3-19(21-2)12-15-4-6-16(7-5-15)13-22-14-17-8-10-18(20)11-9-17/h3-11,21-22H,12-14H2,1-2H3/b19-3-. The maximum atomic E-state index is 5.88. The summed E-state index contributed by atoms with van der Waals surface area (Å²) in [7, 11) is 1.96. The summed E-state index contributed by atoms with van der Waals surface area (Å²) in [4.78, 5) is 0. The van der Waals surface area contributed by atoms with Crippen LogP contribution >= 0.6 is 11.6 Å². The SMILES string of the molecule is C/C=C(/Cc1ccc(CNCc2ccc(Cl)cc2)cc1)NC. The fourth-order valence-electron chi connectivity index (χ4n) is 2.28. The molecular weight excluding hydrogens is 292 g/mol. The molecule has 0 saturated heterocycles. The van der Waals surface area contributed by atoms with Crippen LogP contribution in [0.2, 0.25) is 5.02 Å². The van der Waals surface area contributed by atoms with Crippen molar-refractivity contribution in [3.63, 3.8) is 0 Å². The van der Waals surface area contributed by atoms with E-state index in [-0.39, 0.29) is 0 Å². The first-order valence-corrected chi connectivity index (χ1v) is 7.95. The number of allylic oxidation sites excluding steroid dienone is 2. The molecule has 22 heavy (non-hydrogen) atoms. The molecule has 0 aliphatic carbocycles. The van der Waals surface area contributed by atoms with Crippen molar-refractivity contribution in [3.05, 3.63) is 82.0 Å². The smallest absolute Gasteiger partial charge is 0.0406 e. The van der Waals surface area contributed by atoms with Crippen LogP contribution in [0.5, 0.6) is 0 Å². The van der Waals surface area contributed by atoms with Gasteiger partial charge in [-0.2, -0.15) is 0 Å². The van der Waals surface area contributed by atoms with Crippen molar-refractivity contribution in [2.24, 2.45) is 0 Å². The molecule has 116 valence electrons. The van der Waals surface area contributed by atoms with Crippen molar-refractivity contribution >= 4 is 11.6 Å². The molecule has 3 heteroatoms. The monoisotopic (exact) mass is 314 g/mol. The summed E-state index contributed by atoms with van der Waals surface area (Å²) >= 11 is 5.88. The number of likely N-dealkylation sites (N-methyl/N-ethyl adjacent to an activating group) is 1. The molecule has 2 N–H and O–H groups in total. The summed E-state index contributed by atoms with van der Waals surface area (Å²) in [5, 5.41) is 7.44. The van der Waals surface area contributed by atoms with Gasteiger partial charge in [-0.1, -0.05) is 54.1 Å². The van der Waals surface area contributed by atoms with Gasteiger partial charge in [-0.15, -0.1) is 0 Å². The molecular formula is C19H23ClN2. The molecule has 0 radical (unpaired) electrons. The van der Waals surface area contributed by atoms with E-state index < -0.39 is 0 Å². The van der Waals surface area contributed by atoms with Crippen molar-refractivity contribution in [2.45, 2.75) is 26.4 Å². The third-order valence-electron chi connectivity index (χ3n) is 3.66. The number of rotatable bonds is 7.